The Morgan fingerprint density at radius 1 is 0.964 bits per heavy atom. The van der Waals surface area contributed by atoms with E-state index in [-0.39, 0.29) is 0 Å². The van der Waals surface area contributed by atoms with Crippen LogP contribution in [0.1, 0.15) is 5.56 Å². The molecule has 0 fully saturated rings. The van der Waals surface area contributed by atoms with Crippen LogP contribution in [0.3, 0.4) is 0 Å². The summed E-state index contributed by atoms with van der Waals surface area (Å²) in [5, 5.41) is 18.3. The topological polar surface area (TPSA) is 86.5 Å². The summed E-state index contributed by atoms with van der Waals surface area (Å²) in [4.78, 5) is 0. The van der Waals surface area contributed by atoms with Crippen LogP contribution >= 0.6 is 0 Å². The first-order valence-electron chi connectivity index (χ1n) is 8.58. The number of hydrogen-bond donors (Lipinski definition) is 1. The lowest BCUT2D eigenvalue weighted by Gasteiger charge is -2.09. The summed E-state index contributed by atoms with van der Waals surface area (Å²) in [5.74, 6) is 1.63. The van der Waals surface area contributed by atoms with Crippen molar-refractivity contribution >= 4 is 22.9 Å². The van der Waals surface area contributed by atoms with Gasteiger partial charge in [0.2, 0.25) is 0 Å². The second kappa shape index (κ2) is 7.75. The fraction of sp³-hybridized carbons (Fsp3) is 0.100. The number of tetrazole rings is 1. The molecule has 0 saturated carbocycles. The van der Waals surface area contributed by atoms with Gasteiger partial charge in [-0.2, -0.15) is 9.78 Å². The number of anilines is 1. The van der Waals surface area contributed by atoms with Gasteiger partial charge in [0.15, 0.2) is 11.5 Å². The molecule has 4 aromatic rings. The third-order valence-electron chi connectivity index (χ3n) is 4.27. The fourth-order valence-electron chi connectivity index (χ4n) is 2.99. The van der Waals surface area contributed by atoms with E-state index in [9.17, 15) is 0 Å². The fourth-order valence-corrected chi connectivity index (χ4v) is 2.99. The van der Waals surface area contributed by atoms with E-state index in [1.54, 1.807) is 25.1 Å². The van der Waals surface area contributed by atoms with Crippen LogP contribution in [0.2, 0.25) is 0 Å². The van der Waals surface area contributed by atoms with Crippen molar-refractivity contribution in [2.45, 2.75) is 0 Å². The van der Waals surface area contributed by atoms with Gasteiger partial charge in [0.05, 0.1) is 26.1 Å². The largest absolute Gasteiger partial charge is 0.493 e. The Morgan fingerprint density at radius 3 is 2.64 bits per heavy atom. The smallest absolute Gasteiger partial charge is 0.268 e. The molecule has 0 unspecified atom stereocenters. The average molecular weight is 374 g/mol. The van der Waals surface area contributed by atoms with E-state index in [4.69, 9.17) is 9.47 Å². The monoisotopic (exact) mass is 374 g/mol. The van der Waals surface area contributed by atoms with Gasteiger partial charge in [0, 0.05) is 10.9 Å². The van der Waals surface area contributed by atoms with Crippen molar-refractivity contribution in [1.29, 1.82) is 0 Å². The molecule has 1 heterocycles. The molecule has 4 rings (SSSR count). The summed E-state index contributed by atoms with van der Waals surface area (Å²) in [6.45, 7) is 0. The van der Waals surface area contributed by atoms with E-state index in [0.717, 1.165) is 22.0 Å². The number of hydrazone groups is 1. The zero-order valence-electron chi connectivity index (χ0n) is 15.4. The summed E-state index contributed by atoms with van der Waals surface area (Å²) < 4.78 is 12.3. The normalized spacial score (nSPS) is 11.1. The van der Waals surface area contributed by atoms with Crippen molar-refractivity contribution in [3.05, 3.63) is 66.2 Å². The maximum atomic E-state index is 5.41. The number of ether oxygens (including phenoxy) is 2. The molecule has 0 amide bonds. The Labute approximate surface area is 161 Å². The van der Waals surface area contributed by atoms with Crippen LogP contribution in [0, 0.1) is 0 Å². The maximum absolute atomic E-state index is 5.41. The van der Waals surface area contributed by atoms with Gasteiger partial charge >= 0.3 is 0 Å². The SMILES string of the molecule is COc1cccc(/C=N\Nc2nnnn2-c2cccc3ccccc23)c1OC. The zero-order valence-corrected chi connectivity index (χ0v) is 15.4. The van der Waals surface area contributed by atoms with Crippen LogP contribution in [0.15, 0.2) is 65.8 Å². The summed E-state index contributed by atoms with van der Waals surface area (Å²) in [6, 6.07) is 19.6. The lowest BCUT2D eigenvalue weighted by Crippen LogP contribution is -2.04. The van der Waals surface area contributed by atoms with Gasteiger partial charge in [0.25, 0.3) is 5.95 Å². The summed E-state index contributed by atoms with van der Waals surface area (Å²) in [7, 11) is 3.18. The lowest BCUT2D eigenvalue weighted by atomic mass is 10.1. The van der Waals surface area contributed by atoms with E-state index < -0.39 is 0 Å². The van der Waals surface area contributed by atoms with Crippen molar-refractivity contribution in [2.75, 3.05) is 19.6 Å². The molecule has 1 N–H and O–H groups in total. The molecular weight excluding hydrogens is 356 g/mol. The summed E-state index contributed by atoms with van der Waals surface area (Å²) >= 11 is 0. The Kier molecular flexibility index (Phi) is 4.83. The third kappa shape index (κ3) is 3.23. The van der Waals surface area contributed by atoms with Crippen LogP contribution in [-0.4, -0.2) is 40.6 Å². The molecule has 0 aliphatic heterocycles. The zero-order chi connectivity index (χ0) is 19.3. The van der Waals surface area contributed by atoms with Gasteiger partial charge in [-0.3, -0.25) is 0 Å². The number of hydrogen-bond acceptors (Lipinski definition) is 7. The molecule has 0 bridgehead atoms. The molecule has 0 atom stereocenters. The Balaban J connectivity index is 1.64. The Morgan fingerprint density at radius 2 is 1.79 bits per heavy atom. The van der Waals surface area contributed by atoms with Gasteiger partial charge in [-0.15, -0.1) is 0 Å². The number of methoxy groups -OCH3 is 2. The van der Waals surface area contributed by atoms with Crippen LogP contribution in [0.25, 0.3) is 16.5 Å². The van der Waals surface area contributed by atoms with Crippen molar-refractivity contribution in [1.82, 2.24) is 20.2 Å². The molecular formula is C20H18N6O2. The van der Waals surface area contributed by atoms with Gasteiger partial charge < -0.3 is 9.47 Å². The number of rotatable bonds is 6. The Hall–Kier alpha value is -3.94. The molecule has 8 heteroatoms. The molecule has 1 aromatic heterocycles. The first-order valence-corrected chi connectivity index (χ1v) is 8.58. The quantitative estimate of drug-likeness (QED) is 0.412. The summed E-state index contributed by atoms with van der Waals surface area (Å²) in [5.41, 5.74) is 4.52. The molecule has 0 aliphatic carbocycles. The van der Waals surface area contributed by atoms with Crippen LogP contribution in [0.4, 0.5) is 5.95 Å². The van der Waals surface area contributed by atoms with Crippen molar-refractivity contribution < 1.29 is 9.47 Å². The lowest BCUT2D eigenvalue weighted by molar-refractivity contribution is 0.354. The molecule has 0 aliphatic rings. The van der Waals surface area contributed by atoms with Gasteiger partial charge in [-0.25, -0.2) is 5.43 Å². The Bertz CT molecular complexity index is 1130. The first-order chi connectivity index (χ1) is 13.8. The van der Waals surface area contributed by atoms with Crippen molar-refractivity contribution in [3.8, 4) is 17.2 Å². The van der Waals surface area contributed by atoms with E-state index >= 15 is 0 Å². The number of fused-ring (bicyclic) bond motifs is 1. The standard InChI is InChI=1S/C20H18N6O2/c1-27-18-12-6-9-15(19(18)28-2)13-21-22-20-23-24-25-26(20)17-11-5-8-14-7-3-4-10-16(14)17/h3-13H,1-2H3,(H,22,23,25)/b21-13-. The van der Waals surface area contributed by atoms with E-state index in [0.29, 0.717) is 17.4 Å². The number of para-hydroxylation sites is 1. The highest BCUT2D eigenvalue weighted by molar-refractivity contribution is 5.90. The average Bonchev–Trinajstić information content (AvgIpc) is 3.21. The second-order valence-corrected chi connectivity index (χ2v) is 5.87. The van der Waals surface area contributed by atoms with Crippen LogP contribution in [-0.2, 0) is 0 Å². The number of nitrogens with zero attached hydrogens (tertiary/aromatic N) is 5. The molecule has 140 valence electrons. The first kappa shape index (κ1) is 17.5. The minimum Gasteiger partial charge on any atom is -0.493 e. The van der Waals surface area contributed by atoms with Crippen molar-refractivity contribution in [3.63, 3.8) is 0 Å². The number of nitrogens with one attached hydrogen (secondary N) is 1. The number of benzene rings is 3. The highest BCUT2D eigenvalue weighted by Gasteiger charge is 2.11. The maximum Gasteiger partial charge on any atom is 0.268 e. The van der Waals surface area contributed by atoms with Gasteiger partial charge in [0.1, 0.15) is 0 Å². The van der Waals surface area contributed by atoms with E-state index in [1.807, 2.05) is 60.7 Å². The van der Waals surface area contributed by atoms with Crippen LogP contribution in [0.5, 0.6) is 11.5 Å². The van der Waals surface area contributed by atoms with Gasteiger partial charge in [-0.1, -0.05) is 47.6 Å². The molecule has 8 nitrogen and oxygen atoms in total. The minimum atomic E-state index is 0.398. The minimum absolute atomic E-state index is 0.398. The molecule has 0 radical (unpaired) electrons. The number of aromatic nitrogens is 4. The molecule has 3 aromatic carbocycles. The summed E-state index contributed by atoms with van der Waals surface area (Å²) in [6.07, 6.45) is 1.63. The highest BCUT2D eigenvalue weighted by Crippen LogP contribution is 2.29. The van der Waals surface area contributed by atoms with Crippen LogP contribution < -0.4 is 14.9 Å². The molecule has 28 heavy (non-hydrogen) atoms. The molecule has 0 saturated heterocycles. The van der Waals surface area contributed by atoms with Gasteiger partial charge in [-0.05, 0) is 34.0 Å². The molecule has 0 spiro atoms. The van der Waals surface area contributed by atoms with Crippen molar-refractivity contribution in [2.24, 2.45) is 5.10 Å². The second-order valence-electron chi connectivity index (χ2n) is 5.87. The van der Waals surface area contributed by atoms with E-state index in [1.165, 1.54) is 0 Å². The van der Waals surface area contributed by atoms with E-state index in [2.05, 4.69) is 26.1 Å². The highest BCUT2D eigenvalue weighted by atomic mass is 16.5. The predicted molar refractivity (Wildman–Crippen MR) is 107 cm³/mol. The predicted octanol–water partition coefficient (Wildman–Crippen LogP) is 3.28. The third-order valence-corrected chi connectivity index (χ3v) is 4.27.